The van der Waals surface area contributed by atoms with Gasteiger partial charge in [-0.3, -0.25) is 9.59 Å². The number of carbonyl (C=O) groups excluding carboxylic acids is 2. The van der Waals surface area contributed by atoms with Gasteiger partial charge in [-0.1, -0.05) is 13.8 Å². The Balaban J connectivity index is 2.32. The summed E-state index contributed by atoms with van der Waals surface area (Å²) in [5.74, 6) is 0.171. The highest BCUT2D eigenvalue weighted by Gasteiger charge is 2.25. The lowest BCUT2D eigenvalue weighted by Gasteiger charge is -2.32. The van der Waals surface area contributed by atoms with Crippen molar-refractivity contribution in [1.82, 2.24) is 4.90 Å². The average molecular weight is 400 g/mol. The Kier molecular flexibility index (Phi) is 7.88. The molecule has 2 amide bonds. The molecule has 0 unspecified atom stereocenters. The largest absolute Gasteiger partial charge is 0.459 e. The minimum absolute atomic E-state index is 0.0297. The van der Waals surface area contributed by atoms with Crippen LogP contribution in [0.4, 0.5) is 11.4 Å². The van der Waals surface area contributed by atoms with Crippen molar-refractivity contribution in [1.29, 1.82) is 0 Å². The lowest BCUT2D eigenvalue weighted by Crippen LogP contribution is -2.40. The lowest BCUT2D eigenvalue weighted by atomic mass is 10.00. The summed E-state index contributed by atoms with van der Waals surface area (Å²) < 4.78 is 5.17. The van der Waals surface area contributed by atoms with Gasteiger partial charge in [0, 0.05) is 44.0 Å². The monoisotopic (exact) mass is 399 g/mol. The molecule has 6 heteroatoms. The number of amides is 2. The fourth-order valence-electron chi connectivity index (χ4n) is 3.40. The zero-order valence-corrected chi connectivity index (χ0v) is 18.4. The van der Waals surface area contributed by atoms with E-state index >= 15 is 0 Å². The van der Waals surface area contributed by atoms with Crippen LogP contribution in [0.25, 0.3) is 0 Å². The SMILES string of the molecule is CCC(CC)C(=O)N(Cc1cc(NC(=O)c2ccco2)ccc1N(C)C)C(C)C. The Morgan fingerprint density at radius 2 is 1.79 bits per heavy atom. The highest BCUT2D eigenvalue weighted by atomic mass is 16.3. The number of hydrogen-bond acceptors (Lipinski definition) is 4. The summed E-state index contributed by atoms with van der Waals surface area (Å²) in [5, 5.41) is 2.87. The molecule has 0 aliphatic carbocycles. The molecule has 0 saturated carbocycles. The Morgan fingerprint density at radius 3 is 2.31 bits per heavy atom. The molecule has 6 nitrogen and oxygen atoms in total. The van der Waals surface area contributed by atoms with E-state index in [0.29, 0.717) is 12.2 Å². The molecule has 0 aliphatic rings. The average Bonchev–Trinajstić information content (AvgIpc) is 3.21. The van der Waals surface area contributed by atoms with E-state index in [2.05, 4.69) is 19.2 Å². The molecule has 158 valence electrons. The van der Waals surface area contributed by atoms with Crippen molar-refractivity contribution >= 4 is 23.2 Å². The minimum Gasteiger partial charge on any atom is -0.459 e. The van der Waals surface area contributed by atoms with Gasteiger partial charge in [0.1, 0.15) is 0 Å². The van der Waals surface area contributed by atoms with Crippen LogP contribution < -0.4 is 10.2 Å². The molecule has 0 aliphatic heterocycles. The van der Waals surface area contributed by atoms with Crippen molar-refractivity contribution < 1.29 is 14.0 Å². The maximum atomic E-state index is 13.1. The fraction of sp³-hybridized carbons (Fsp3) is 0.478. The predicted molar refractivity (Wildman–Crippen MR) is 117 cm³/mol. The molecule has 0 saturated heterocycles. The number of anilines is 2. The van der Waals surface area contributed by atoms with E-state index in [9.17, 15) is 9.59 Å². The van der Waals surface area contributed by atoms with Gasteiger partial charge in [0.15, 0.2) is 5.76 Å². The van der Waals surface area contributed by atoms with Gasteiger partial charge < -0.3 is 19.5 Å². The summed E-state index contributed by atoms with van der Waals surface area (Å²) >= 11 is 0. The van der Waals surface area contributed by atoms with Crippen molar-refractivity contribution in [3.8, 4) is 0 Å². The van der Waals surface area contributed by atoms with Crippen LogP contribution in [0.1, 0.15) is 56.7 Å². The molecule has 1 N–H and O–H groups in total. The van der Waals surface area contributed by atoms with Gasteiger partial charge in [0.05, 0.1) is 6.26 Å². The second-order valence-corrected chi connectivity index (χ2v) is 7.74. The van der Waals surface area contributed by atoms with Crippen molar-refractivity contribution in [3.63, 3.8) is 0 Å². The van der Waals surface area contributed by atoms with Crippen LogP contribution in [0.2, 0.25) is 0 Å². The molecule has 0 atom stereocenters. The van der Waals surface area contributed by atoms with Crippen molar-refractivity contribution in [3.05, 3.63) is 47.9 Å². The van der Waals surface area contributed by atoms with E-state index in [1.807, 2.05) is 55.9 Å². The summed E-state index contributed by atoms with van der Waals surface area (Å²) in [7, 11) is 3.95. The third-order valence-electron chi connectivity index (χ3n) is 5.15. The van der Waals surface area contributed by atoms with Crippen LogP contribution in [0.15, 0.2) is 41.0 Å². The number of nitrogens with one attached hydrogen (secondary N) is 1. The second kappa shape index (κ2) is 10.1. The van der Waals surface area contributed by atoms with E-state index < -0.39 is 0 Å². The first-order chi connectivity index (χ1) is 13.8. The molecule has 1 aromatic carbocycles. The zero-order chi connectivity index (χ0) is 21.6. The maximum absolute atomic E-state index is 13.1. The summed E-state index contributed by atoms with van der Waals surface area (Å²) in [6, 6.07) is 9.15. The van der Waals surface area contributed by atoms with Gasteiger partial charge in [-0.2, -0.15) is 0 Å². The first-order valence-electron chi connectivity index (χ1n) is 10.2. The highest BCUT2D eigenvalue weighted by Crippen LogP contribution is 2.27. The molecule has 1 heterocycles. The number of rotatable bonds is 9. The summed E-state index contributed by atoms with van der Waals surface area (Å²) in [6.07, 6.45) is 3.14. The van der Waals surface area contributed by atoms with E-state index in [4.69, 9.17) is 4.42 Å². The Labute approximate surface area is 173 Å². The number of benzene rings is 1. The third kappa shape index (κ3) is 5.62. The highest BCUT2D eigenvalue weighted by molar-refractivity contribution is 6.02. The van der Waals surface area contributed by atoms with Crippen molar-refractivity contribution in [2.24, 2.45) is 5.92 Å². The fourth-order valence-corrected chi connectivity index (χ4v) is 3.40. The van der Waals surface area contributed by atoms with Crippen molar-refractivity contribution in [2.75, 3.05) is 24.3 Å². The van der Waals surface area contributed by atoms with E-state index in [1.54, 1.807) is 12.1 Å². The topological polar surface area (TPSA) is 65.8 Å². The minimum atomic E-state index is -0.299. The molecule has 1 aromatic heterocycles. The van der Waals surface area contributed by atoms with Crippen LogP contribution >= 0.6 is 0 Å². The van der Waals surface area contributed by atoms with Crippen LogP contribution in [0.3, 0.4) is 0 Å². The molecule has 0 bridgehead atoms. The van der Waals surface area contributed by atoms with Gasteiger partial charge >= 0.3 is 0 Å². The predicted octanol–water partition coefficient (Wildman–Crippen LogP) is 4.77. The summed E-state index contributed by atoms with van der Waals surface area (Å²) in [5.41, 5.74) is 2.68. The Hall–Kier alpha value is -2.76. The van der Waals surface area contributed by atoms with Crippen LogP contribution in [-0.2, 0) is 11.3 Å². The first-order valence-corrected chi connectivity index (χ1v) is 10.2. The molecule has 0 radical (unpaired) electrons. The van der Waals surface area contributed by atoms with Crippen LogP contribution in [0, 0.1) is 5.92 Å². The van der Waals surface area contributed by atoms with Crippen molar-refractivity contribution in [2.45, 2.75) is 53.1 Å². The smallest absolute Gasteiger partial charge is 0.291 e. The standard InChI is InChI=1S/C23H33N3O3/c1-7-17(8-2)23(28)26(16(3)4)15-18-14-19(11-12-20(18)25(5)6)24-22(27)21-10-9-13-29-21/h9-14,16-17H,7-8,15H2,1-6H3,(H,24,27). The molecule has 0 spiro atoms. The normalized spacial score (nSPS) is 11.0. The van der Waals surface area contributed by atoms with Gasteiger partial charge in [-0.15, -0.1) is 0 Å². The molecular weight excluding hydrogens is 366 g/mol. The van der Waals surface area contributed by atoms with Gasteiger partial charge in [-0.05, 0) is 62.6 Å². The summed E-state index contributed by atoms with van der Waals surface area (Å²) in [4.78, 5) is 29.4. The number of nitrogens with zero attached hydrogens (tertiary/aromatic N) is 2. The second-order valence-electron chi connectivity index (χ2n) is 7.74. The quantitative estimate of drug-likeness (QED) is 0.659. The van der Waals surface area contributed by atoms with Crippen LogP contribution in [0.5, 0.6) is 0 Å². The zero-order valence-electron chi connectivity index (χ0n) is 18.4. The van der Waals surface area contributed by atoms with E-state index in [-0.39, 0.29) is 29.5 Å². The molecule has 2 rings (SSSR count). The summed E-state index contributed by atoms with van der Waals surface area (Å²) in [6.45, 7) is 8.68. The Morgan fingerprint density at radius 1 is 1.10 bits per heavy atom. The number of hydrogen-bond donors (Lipinski definition) is 1. The number of furan rings is 1. The van der Waals surface area contributed by atoms with E-state index in [0.717, 1.165) is 24.1 Å². The third-order valence-corrected chi connectivity index (χ3v) is 5.15. The van der Waals surface area contributed by atoms with Crippen LogP contribution in [-0.4, -0.2) is 36.9 Å². The number of carbonyl (C=O) groups is 2. The maximum Gasteiger partial charge on any atom is 0.291 e. The molecular formula is C23H33N3O3. The van der Waals surface area contributed by atoms with Gasteiger partial charge in [0.2, 0.25) is 5.91 Å². The van der Waals surface area contributed by atoms with Gasteiger partial charge in [0.25, 0.3) is 5.91 Å². The molecule has 2 aromatic rings. The van der Waals surface area contributed by atoms with E-state index in [1.165, 1.54) is 6.26 Å². The first kappa shape index (κ1) is 22.5. The lowest BCUT2D eigenvalue weighted by molar-refractivity contribution is -0.138. The molecule has 0 fully saturated rings. The van der Waals surface area contributed by atoms with Gasteiger partial charge in [-0.25, -0.2) is 0 Å². The molecule has 29 heavy (non-hydrogen) atoms. The Bertz CT molecular complexity index is 809.